The third-order valence-corrected chi connectivity index (χ3v) is 10.1. The van der Waals surface area contributed by atoms with Gasteiger partial charge in [-0.05, 0) is 24.6 Å². The van der Waals surface area contributed by atoms with Gasteiger partial charge in [0.15, 0.2) is 8.32 Å². The molecule has 0 unspecified atom stereocenters. The van der Waals surface area contributed by atoms with Gasteiger partial charge >= 0.3 is 0 Å². The van der Waals surface area contributed by atoms with E-state index in [1.54, 1.807) is 4.90 Å². The topological polar surface area (TPSA) is 70.0 Å². The molecule has 0 aromatic rings. The summed E-state index contributed by atoms with van der Waals surface area (Å²) in [6.07, 6.45) is 0.00205. The van der Waals surface area contributed by atoms with Crippen molar-refractivity contribution in [2.45, 2.75) is 75.9 Å². The average molecular weight is 315 g/mol. The first-order valence-corrected chi connectivity index (χ1v) is 10.7. The molecule has 122 valence electrons. The fraction of sp³-hybridized carbons (Fsp3) is 0.933. The van der Waals surface area contributed by atoms with E-state index >= 15 is 0 Å². The van der Waals surface area contributed by atoms with E-state index in [0.717, 1.165) is 0 Å². The van der Waals surface area contributed by atoms with Gasteiger partial charge in [-0.2, -0.15) is 0 Å². The summed E-state index contributed by atoms with van der Waals surface area (Å²) in [5.74, 6) is 0.0692. The van der Waals surface area contributed by atoms with Crippen LogP contribution in [0.5, 0.6) is 0 Å². The van der Waals surface area contributed by atoms with E-state index in [-0.39, 0.29) is 17.5 Å². The van der Waals surface area contributed by atoms with E-state index in [0.29, 0.717) is 25.9 Å². The van der Waals surface area contributed by atoms with Gasteiger partial charge < -0.3 is 19.5 Å². The number of aliphatic hydroxyl groups excluding tert-OH is 2. The summed E-state index contributed by atoms with van der Waals surface area (Å²) >= 11 is 0. The Bertz CT molecular complexity index is 420. The molecule has 2 fully saturated rings. The summed E-state index contributed by atoms with van der Waals surface area (Å²) in [4.78, 5) is 13.8. The fourth-order valence-corrected chi connectivity index (χ4v) is 4.02. The first-order chi connectivity index (χ1) is 9.48. The molecule has 2 N–H and O–H groups in total. The van der Waals surface area contributed by atoms with Gasteiger partial charge in [0.2, 0.25) is 5.91 Å². The summed E-state index contributed by atoms with van der Waals surface area (Å²) in [7, 11) is -1.90. The Balaban J connectivity index is 2.14. The Hall–Kier alpha value is -0.433. The molecule has 0 saturated carbocycles. The number of hydrogen-bond donors (Lipinski definition) is 2. The van der Waals surface area contributed by atoms with Crippen molar-refractivity contribution in [2.75, 3.05) is 13.2 Å². The van der Waals surface area contributed by atoms with Crippen molar-refractivity contribution in [3.63, 3.8) is 0 Å². The van der Waals surface area contributed by atoms with Crippen LogP contribution < -0.4 is 0 Å². The lowest BCUT2D eigenvalue weighted by atomic mass is 9.84. The van der Waals surface area contributed by atoms with Crippen LogP contribution in [0.1, 0.15) is 40.0 Å². The third kappa shape index (κ3) is 3.04. The smallest absolute Gasteiger partial charge is 0.223 e. The Kier molecular flexibility index (Phi) is 4.30. The minimum atomic E-state index is -1.90. The highest BCUT2D eigenvalue weighted by molar-refractivity contribution is 6.74. The second kappa shape index (κ2) is 5.33. The summed E-state index contributed by atoms with van der Waals surface area (Å²) in [6, 6.07) is 0. The standard InChI is InChI=1S/C15H29NO4Si/c1-14(2,3)21(4,5)20-10-15-7-6-13(19)16(15)9-12(18)11(17)8-15/h11-12,17-18H,6-10H2,1-5H3/t11-,12+,15+/m0/s1. The van der Waals surface area contributed by atoms with Crippen LogP contribution in [0, 0.1) is 0 Å². The Morgan fingerprint density at radius 2 is 1.95 bits per heavy atom. The molecule has 3 atom stereocenters. The quantitative estimate of drug-likeness (QED) is 0.774. The summed E-state index contributed by atoms with van der Waals surface area (Å²) in [5, 5.41) is 20.0. The normalized spacial score (nSPS) is 34.2. The van der Waals surface area contributed by atoms with E-state index in [1.807, 2.05) is 0 Å². The average Bonchev–Trinajstić information content (AvgIpc) is 2.65. The third-order valence-electron chi connectivity index (χ3n) is 5.59. The summed E-state index contributed by atoms with van der Waals surface area (Å²) < 4.78 is 6.32. The van der Waals surface area contributed by atoms with Crippen molar-refractivity contribution < 1.29 is 19.4 Å². The van der Waals surface area contributed by atoms with Gasteiger partial charge in [-0.15, -0.1) is 0 Å². The van der Waals surface area contributed by atoms with Crippen molar-refractivity contribution in [1.29, 1.82) is 0 Å². The minimum Gasteiger partial charge on any atom is -0.414 e. The maximum atomic E-state index is 12.1. The zero-order valence-corrected chi connectivity index (χ0v) is 14.8. The van der Waals surface area contributed by atoms with Gasteiger partial charge in [-0.1, -0.05) is 20.8 Å². The number of rotatable bonds is 3. The van der Waals surface area contributed by atoms with Gasteiger partial charge in [0.05, 0.1) is 24.4 Å². The number of piperidine rings is 1. The van der Waals surface area contributed by atoms with E-state index in [1.165, 1.54) is 0 Å². The zero-order valence-electron chi connectivity index (χ0n) is 13.8. The first-order valence-electron chi connectivity index (χ1n) is 7.79. The van der Waals surface area contributed by atoms with E-state index in [2.05, 4.69) is 33.9 Å². The van der Waals surface area contributed by atoms with Crippen molar-refractivity contribution >= 4 is 14.2 Å². The molecule has 2 aliphatic heterocycles. The molecule has 5 nitrogen and oxygen atoms in total. The molecule has 0 aromatic carbocycles. The maximum absolute atomic E-state index is 12.1. The first kappa shape index (κ1) is 16.9. The van der Waals surface area contributed by atoms with E-state index in [4.69, 9.17) is 4.43 Å². The van der Waals surface area contributed by atoms with Gasteiger partial charge in [0, 0.05) is 19.4 Å². The lowest BCUT2D eigenvalue weighted by Crippen LogP contribution is -2.61. The molecule has 0 spiro atoms. The van der Waals surface area contributed by atoms with Crippen LogP contribution in [0.2, 0.25) is 18.1 Å². The van der Waals surface area contributed by atoms with Crippen LogP contribution in [0.3, 0.4) is 0 Å². The predicted octanol–water partition coefficient (Wildman–Crippen LogP) is 1.49. The maximum Gasteiger partial charge on any atom is 0.223 e. The SMILES string of the molecule is CC(C)(C)[Si](C)(C)OC[C@]12CCC(=O)N1C[C@@H](O)[C@@H](O)C2. The Morgan fingerprint density at radius 1 is 1.33 bits per heavy atom. The number of fused-ring (bicyclic) bond motifs is 1. The number of hydrogen-bond acceptors (Lipinski definition) is 4. The number of carbonyl (C=O) groups is 1. The molecule has 6 heteroatoms. The molecule has 21 heavy (non-hydrogen) atoms. The second-order valence-corrected chi connectivity index (χ2v) is 12.9. The highest BCUT2D eigenvalue weighted by Gasteiger charge is 2.52. The van der Waals surface area contributed by atoms with E-state index < -0.39 is 26.1 Å². The number of amides is 1. The molecule has 2 heterocycles. The molecule has 0 aliphatic carbocycles. The molecular formula is C15H29NO4Si. The Morgan fingerprint density at radius 3 is 2.52 bits per heavy atom. The van der Waals surface area contributed by atoms with Gasteiger partial charge in [-0.25, -0.2) is 0 Å². The number of carbonyl (C=O) groups excluding carboxylic acids is 1. The minimum absolute atomic E-state index is 0.0692. The van der Waals surface area contributed by atoms with Crippen LogP contribution in [0.25, 0.3) is 0 Å². The number of β-amino-alcohol motifs (C(OH)–C–C–N with tert-alkyl or cyclic N) is 1. The van der Waals surface area contributed by atoms with Crippen LogP contribution in [0.4, 0.5) is 0 Å². The molecule has 2 aliphatic rings. The molecule has 0 aromatic heterocycles. The van der Waals surface area contributed by atoms with E-state index in [9.17, 15) is 15.0 Å². The fourth-order valence-electron chi connectivity index (χ4n) is 2.96. The zero-order chi connectivity index (χ0) is 16.1. The summed E-state index contributed by atoms with van der Waals surface area (Å²) in [5.41, 5.74) is -0.425. The molecule has 0 radical (unpaired) electrons. The van der Waals surface area contributed by atoms with Gasteiger partial charge in [-0.3, -0.25) is 4.79 Å². The van der Waals surface area contributed by atoms with Gasteiger partial charge in [0.1, 0.15) is 0 Å². The largest absolute Gasteiger partial charge is 0.414 e. The van der Waals surface area contributed by atoms with Crippen molar-refractivity contribution in [2.24, 2.45) is 0 Å². The molecule has 1 amide bonds. The summed E-state index contributed by atoms with van der Waals surface area (Å²) in [6.45, 7) is 11.6. The highest BCUT2D eigenvalue weighted by Crippen LogP contribution is 2.42. The number of nitrogens with zero attached hydrogens (tertiary/aromatic N) is 1. The second-order valence-electron chi connectivity index (χ2n) is 8.12. The van der Waals surface area contributed by atoms with Crippen molar-refractivity contribution in [1.82, 2.24) is 4.90 Å². The van der Waals surface area contributed by atoms with Crippen LogP contribution in [0.15, 0.2) is 0 Å². The van der Waals surface area contributed by atoms with Crippen molar-refractivity contribution in [3.05, 3.63) is 0 Å². The van der Waals surface area contributed by atoms with Crippen LogP contribution in [-0.2, 0) is 9.22 Å². The lowest BCUT2D eigenvalue weighted by molar-refractivity contribution is -0.145. The Labute approximate surface area is 128 Å². The molecule has 2 saturated heterocycles. The molecule has 2 rings (SSSR count). The van der Waals surface area contributed by atoms with Crippen LogP contribution in [-0.4, -0.2) is 60.2 Å². The van der Waals surface area contributed by atoms with Crippen molar-refractivity contribution in [3.8, 4) is 0 Å². The molecular weight excluding hydrogens is 286 g/mol. The predicted molar refractivity (Wildman–Crippen MR) is 83.5 cm³/mol. The van der Waals surface area contributed by atoms with Gasteiger partial charge in [0.25, 0.3) is 0 Å². The van der Waals surface area contributed by atoms with Crippen LogP contribution >= 0.6 is 0 Å². The highest BCUT2D eigenvalue weighted by atomic mass is 28.4. The number of aliphatic hydroxyl groups is 2. The lowest BCUT2D eigenvalue weighted by Gasteiger charge is -2.48. The monoisotopic (exact) mass is 315 g/mol. The molecule has 0 bridgehead atoms.